The van der Waals surface area contributed by atoms with E-state index in [0.29, 0.717) is 30.5 Å². The van der Waals surface area contributed by atoms with Crippen molar-refractivity contribution in [2.24, 2.45) is 0 Å². The molecule has 0 bridgehead atoms. The molecule has 14 heavy (non-hydrogen) atoms. The Morgan fingerprint density at radius 3 is 2.64 bits per heavy atom. The lowest BCUT2D eigenvalue weighted by Gasteiger charge is -2.12. The third kappa shape index (κ3) is 2.72. The van der Waals surface area contributed by atoms with Crippen LogP contribution in [0.4, 0.5) is 0 Å². The Morgan fingerprint density at radius 2 is 2.21 bits per heavy atom. The first-order valence-electron chi connectivity index (χ1n) is 4.58. The van der Waals surface area contributed by atoms with Gasteiger partial charge in [0.15, 0.2) is 0 Å². The third-order valence-corrected chi connectivity index (χ3v) is 2.05. The fraction of sp³-hybridized carbons (Fsp3) is 0.444. The van der Waals surface area contributed by atoms with Crippen molar-refractivity contribution in [2.75, 3.05) is 6.61 Å². The molecule has 76 valence electrons. The Labute approximate surface area is 83.0 Å². The van der Waals surface area contributed by atoms with Crippen molar-refractivity contribution in [1.29, 1.82) is 0 Å². The summed E-state index contributed by atoms with van der Waals surface area (Å²) in [7, 11) is -1.42. The highest BCUT2D eigenvalue weighted by atomic mass is 16.5. The molecule has 1 rings (SSSR count). The van der Waals surface area contributed by atoms with Crippen LogP contribution in [0.25, 0.3) is 0 Å². The van der Waals surface area contributed by atoms with Gasteiger partial charge in [-0.15, -0.1) is 0 Å². The van der Waals surface area contributed by atoms with Gasteiger partial charge in [-0.2, -0.15) is 0 Å². The van der Waals surface area contributed by atoms with Crippen LogP contribution in [0.15, 0.2) is 23.2 Å². The largest absolute Gasteiger partial charge is 0.484 e. The molecule has 0 aromatic carbocycles. The van der Waals surface area contributed by atoms with E-state index in [1.807, 2.05) is 0 Å². The first-order valence-corrected chi connectivity index (χ1v) is 4.58. The molecule has 0 fully saturated rings. The van der Waals surface area contributed by atoms with Gasteiger partial charge in [0.05, 0.1) is 6.61 Å². The first-order chi connectivity index (χ1) is 6.65. The van der Waals surface area contributed by atoms with Crippen LogP contribution in [0, 0.1) is 0 Å². The van der Waals surface area contributed by atoms with Gasteiger partial charge in [-0.3, -0.25) is 0 Å². The van der Waals surface area contributed by atoms with Gasteiger partial charge in [0.2, 0.25) is 0 Å². The summed E-state index contributed by atoms with van der Waals surface area (Å²) >= 11 is 0. The first kappa shape index (κ1) is 11.0. The summed E-state index contributed by atoms with van der Waals surface area (Å²) in [5.74, 6) is -0.324. The maximum Gasteiger partial charge on any atom is 0.484 e. The number of carbonyl (C=O) groups is 1. The predicted octanol–water partition coefficient (Wildman–Crippen LogP) is 0.208. The maximum atomic E-state index is 11.2. The molecule has 0 heterocycles. The molecule has 1 aliphatic carbocycles. The number of hydrogen-bond acceptors (Lipinski definition) is 4. The Bertz CT molecular complexity index is 281. The topological polar surface area (TPSA) is 66.8 Å². The van der Waals surface area contributed by atoms with Crippen LogP contribution in [-0.4, -0.2) is 29.7 Å². The fourth-order valence-electron chi connectivity index (χ4n) is 1.26. The molecule has 0 aromatic rings. The maximum absolute atomic E-state index is 11.2. The second kappa shape index (κ2) is 4.98. The van der Waals surface area contributed by atoms with Crippen molar-refractivity contribution in [1.82, 2.24) is 0 Å². The van der Waals surface area contributed by atoms with Gasteiger partial charge in [-0.1, -0.05) is 12.2 Å². The number of allylic oxidation sites excluding steroid dienone is 3. The lowest BCUT2D eigenvalue weighted by Crippen LogP contribution is -2.18. The molecule has 1 aliphatic rings. The van der Waals surface area contributed by atoms with Crippen LogP contribution in [0.3, 0.4) is 0 Å². The minimum Gasteiger partial charge on any atom is -0.463 e. The zero-order valence-corrected chi connectivity index (χ0v) is 8.06. The summed E-state index contributed by atoms with van der Waals surface area (Å²) in [5.41, 5.74) is 1.11. The van der Waals surface area contributed by atoms with Gasteiger partial charge < -0.3 is 14.8 Å². The second-order valence-electron chi connectivity index (χ2n) is 3.03. The van der Waals surface area contributed by atoms with Gasteiger partial charge in [0.25, 0.3) is 0 Å². The predicted molar refractivity (Wildman–Crippen MR) is 52.2 cm³/mol. The van der Waals surface area contributed by atoms with Crippen molar-refractivity contribution in [3.8, 4) is 0 Å². The zero-order chi connectivity index (χ0) is 10.6. The van der Waals surface area contributed by atoms with E-state index in [1.54, 1.807) is 19.1 Å². The highest BCUT2D eigenvalue weighted by molar-refractivity contribution is 6.50. The van der Waals surface area contributed by atoms with Crippen LogP contribution < -0.4 is 0 Å². The smallest absolute Gasteiger partial charge is 0.463 e. The van der Waals surface area contributed by atoms with Crippen molar-refractivity contribution in [3.05, 3.63) is 23.2 Å². The SMILES string of the molecule is CCOC(=O)C1=CC=C(B(O)O)CC1. The number of ether oxygens (including phenoxy) is 1. The molecule has 0 atom stereocenters. The van der Waals surface area contributed by atoms with Crippen LogP contribution in [0.2, 0.25) is 0 Å². The Morgan fingerprint density at radius 1 is 1.50 bits per heavy atom. The third-order valence-electron chi connectivity index (χ3n) is 2.05. The molecular formula is C9H13BO4. The molecule has 0 saturated heterocycles. The molecule has 0 unspecified atom stereocenters. The minimum absolute atomic E-state index is 0.324. The Balaban J connectivity index is 2.64. The molecule has 0 aromatic heterocycles. The lowest BCUT2D eigenvalue weighted by atomic mass is 9.74. The fourth-order valence-corrected chi connectivity index (χ4v) is 1.26. The Hall–Kier alpha value is -1.07. The van der Waals surface area contributed by atoms with Crippen molar-refractivity contribution < 1.29 is 19.6 Å². The molecule has 5 heteroatoms. The average Bonchev–Trinajstić information content (AvgIpc) is 2.18. The number of carbonyl (C=O) groups excluding carboxylic acids is 1. The summed E-state index contributed by atoms with van der Waals surface area (Å²) in [6.07, 6.45) is 4.13. The Kier molecular flexibility index (Phi) is 3.91. The molecule has 0 saturated carbocycles. The van der Waals surface area contributed by atoms with E-state index in [2.05, 4.69) is 0 Å². The van der Waals surface area contributed by atoms with Gasteiger partial charge >= 0.3 is 13.1 Å². The molecule has 0 spiro atoms. The van der Waals surface area contributed by atoms with E-state index >= 15 is 0 Å². The average molecular weight is 196 g/mol. The number of esters is 1. The summed E-state index contributed by atoms with van der Waals surface area (Å²) in [4.78, 5) is 11.2. The van der Waals surface area contributed by atoms with Crippen LogP contribution >= 0.6 is 0 Å². The van der Waals surface area contributed by atoms with E-state index in [9.17, 15) is 4.79 Å². The zero-order valence-electron chi connectivity index (χ0n) is 8.06. The highest BCUT2D eigenvalue weighted by Gasteiger charge is 2.20. The summed E-state index contributed by atoms with van der Waals surface area (Å²) < 4.78 is 4.82. The van der Waals surface area contributed by atoms with Crippen molar-refractivity contribution >= 4 is 13.1 Å². The quantitative estimate of drug-likeness (QED) is 0.500. The summed E-state index contributed by atoms with van der Waals surface area (Å²) in [5, 5.41) is 17.7. The molecule has 2 N–H and O–H groups in total. The standard InChI is InChI=1S/C9H13BO4/c1-2-14-9(11)7-3-5-8(6-4-7)10(12)13/h3,5,12-13H,2,4,6H2,1H3. The molecule has 0 amide bonds. The van der Waals surface area contributed by atoms with Gasteiger partial charge in [0.1, 0.15) is 0 Å². The molecule has 0 radical (unpaired) electrons. The van der Waals surface area contributed by atoms with Gasteiger partial charge in [-0.05, 0) is 25.2 Å². The van der Waals surface area contributed by atoms with E-state index in [4.69, 9.17) is 14.8 Å². The van der Waals surface area contributed by atoms with Gasteiger partial charge in [0, 0.05) is 5.57 Å². The van der Waals surface area contributed by atoms with E-state index in [-0.39, 0.29) is 5.97 Å². The van der Waals surface area contributed by atoms with E-state index < -0.39 is 7.12 Å². The highest BCUT2D eigenvalue weighted by Crippen LogP contribution is 2.19. The molecule has 0 aliphatic heterocycles. The normalized spacial score (nSPS) is 15.6. The second-order valence-corrected chi connectivity index (χ2v) is 3.03. The number of hydrogen-bond donors (Lipinski definition) is 2. The van der Waals surface area contributed by atoms with Gasteiger partial charge in [-0.25, -0.2) is 4.79 Å². The monoisotopic (exact) mass is 196 g/mol. The van der Waals surface area contributed by atoms with E-state index in [0.717, 1.165) is 0 Å². The lowest BCUT2D eigenvalue weighted by molar-refractivity contribution is -0.138. The van der Waals surface area contributed by atoms with E-state index in [1.165, 1.54) is 0 Å². The van der Waals surface area contributed by atoms with Crippen LogP contribution in [0.1, 0.15) is 19.8 Å². The van der Waals surface area contributed by atoms with Crippen molar-refractivity contribution in [3.63, 3.8) is 0 Å². The van der Waals surface area contributed by atoms with Crippen LogP contribution in [0.5, 0.6) is 0 Å². The van der Waals surface area contributed by atoms with Crippen LogP contribution in [-0.2, 0) is 9.53 Å². The molecule has 4 nitrogen and oxygen atoms in total. The molecular weight excluding hydrogens is 183 g/mol. The minimum atomic E-state index is -1.42. The number of rotatable bonds is 3. The van der Waals surface area contributed by atoms with Crippen molar-refractivity contribution in [2.45, 2.75) is 19.8 Å². The summed E-state index contributed by atoms with van der Waals surface area (Å²) in [6.45, 7) is 2.11. The summed E-state index contributed by atoms with van der Waals surface area (Å²) in [6, 6.07) is 0.